The van der Waals surface area contributed by atoms with E-state index in [2.05, 4.69) is 31.9 Å². The lowest BCUT2D eigenvalue weighted by molar-refractivity contribution is 0.305. The van der Waals surface area contributed by atoms with Crippen LogP contribution < -0.4 is 4.74 Å². The molecule has 0 radical (unpaired) electrons. The van der Waals surface area contributed by atoms with Crippen molar-refractivity contribution in [1.82, 2.24) is 0 Å². The van der Waals surface area contributed by atoms with E-state index in [1.54, 1.807) is 0 Å². The van der Waals surface area contributed by atoms with Gasteiger partial charge in [0.1, 0.15) is 18.2 Å². The summed E-state index contributed by atoms with van der Waals surface area (Å²) in [5, 5.41) is 0. The van der Waals surface area contributed by atoms with E-state index in [0.717, 1.165) is 15.8 Å². The number of halogens is 3. The van der Waals surface area contributed by atoms with E-state index < -0.39 is 0 Å². The Balaban J connectivity index is 2.04. The molecule has 2 rings (SSSR count). The third-order valence-corrected chi connectivity index (χ3v) is 3.13. The summed E-state index contributed by atoms with van der Waals surface area (Å²) in [7, 11) is 0. The summed E-state index contributed by atoms with van der Waals surface area (Å²) < 4.78 is 20.4. The van der Waals surface area contributed by atoms with Crippen LogP contribution in [0, 0.1) is 5.82 Å². The molecule has 0 bridgehead atoms. The Bertz CT molecular complexity index is 491. The summed E-state index contributed by atoms with van der Waals surface area (Å²) in [5.41, 5.74) is 0.791. The molecular weight excluding hydrogens is 351 g/mol. The molecular formula is C13H9Br2FO. The first-order valence-corrected chi connectivity index (χ1v) is 6.55. The predicted octanol–water partition coefficient (Wildman–Crippen LogP) is 4.93. The minimum absolute atomic E-state index is 0.270. The minimum Gasteiger partial charge on any atom is -0.489 e. The molecule has 0 aliphatic rings. The molecule has 88 valence electrons. The van der Waals surface area contributed by atoms with Gasteiger partial charge in [-0.15, -0.1) is 0 Å². The maximum absolute atomic E-state index is 13.1. The molecule has 0 aliphatic carbocycles. The fourth-order valence-corrected chi connectivity index (χ4v) is 2.17. The average molecular weight is 360 g/mol. The first-order valence-electron chi connectivity index (χ1n) is 4.97. The molecule has 17 heavy (non-hydrogen) atoms. The van der Waals surface area contributed by atoms with Crippen molar-refractivity contribution in [3.63, 3.8) is 0 Å². The SMILES string of the molecule is Fc1cc(Br)cc(COc2ccc(Br)cc2)c1. The topological polar surface area (TPSA) is 9.23 Å². The third-order valence-electron chi connectivity index (χ3n) is 2.14. The summed E-state index contributed by atoms with van der Waals surface area (Å²) in [6, 6.07) is 12.2. The summed E-state index contributed by atoms with van der Waals surface area (Å²) in [6.07, 6.45) is 0. The Kier molecular flexibility index (Phi) is 4.18. The summed E-state index contributed by atoms with van der Waals surface area (Å²) >= 11 is 6.60. The highest BCUT2D eigenvalue weighted by molar-refractivity contribution is 9.10. The van der Waals surface area contributed by atoms with E-state index in [-0.39, 0.29) is 5.82 Å². The van der Waals surface area contributed by atoms with E-state index in [9.17, 15) is 4.39 Å². The Labute approximate surface area is 116 Å². The van der Waals surface area contributed by atoms with E-state index in [1.165, 1.54) is 12.1 Å². The molecule has 0 aliphatic heterocycles. The second-order valence-corrected chi connectivity index (χ2v) is 5.35. The molecule has 0 amide bonds. The lowest BCUT2D eigenvalue weighted by atomic mass is 10.2. The van der Waals surface area contributed by atoms with Crippen LogP contribution in [0.5, 0.6) is 5.75 Å². The number of hydrogen-bond donors (Lipinski definition) is 0. The van der Waals surface area contributed by atoms with Gasteiger partial charge in [-0.1, -0.05) is 31.9 Å². The molecule has 0 heterocycles. The molecule has 2 aromatic rings. The average Bonchev–Trinajstić information content (AvgIpc) is 2.27. The molecule has 2 aromatic carbocycles. The van der Waals surface area contributed by atoms with Gasteiger partial charge in [0.15, 0.2) is 0 Å². The molecule has 0 spiro atoms. The molecule has 0 saturated heterocycles. The van der Waals surface area contributed by atoms with Gasteiger partial charge in [0.25, 0.3) is 0 Å². The van der Waals surface area contributed by atoms with Crippen molar-refractivity contribution in [3.05, 3.63) is 62.8 Å². The number of benzene rings is 2. The fraction of sp³-hybridized carbons (Fsp3) is 0.0769. The van der Waals surface area contributed by atoms with Gasteiger partial charge in [-0.05, 0) is 48.0 Å². The number of hydrogen-bond acceptors (Lipinski definition) is 1. The van der Waals surface area contributed by atoms with Crippen LogP contribution in [0.2, 0.25) is 0 Å². The van der Waals surface area contributed by atoms with Crippen molar-refractivity contribution in [2.45, 2.75) is 6.61 Å². The van der Waals surface area contributed by atoms with Crippen LogP contribution in [0.4, 0.5) is 4.39 Å². The molecule has 0 N–H and O–H groups in total. The van der Waals surface area contributed by atoms with Crippen molar-refractivity contribution in [2.75, 3.05) is 0 Å². The van der Waals surface area contributed by atoms with Crippen LogP contribution in [0.3, 0.4) is 0 Å². The highest BCUT2D eigenvalue weighted by Crippen LogP contribution is 2.19. The third kappa shape index (κ3) is 3.82. The Morgan fingerprint density at radius 1 is 0.941 bits per heavy atom. The standard InChI is InChI=1S/C13H9Br2FO/c14-10-1-3-13(4-2-10)17-8-9-5-11(15)7-12(16)6-9/h1-7H,8H2. The molecule has 0 saturated carbocycles. The van der Waals surface area contributed by atoms with Crippen LogP contribution in [-0.2, 0) is 6.61 Å². The Morgan fingerprint density at radius 3 is 2.29 bits per heavy atom. The van der Waals surface area contributed by atoms with E-state index in [0.29, 0.717) is 11.1 Å². The van der Waals surface area contributed by atoms with Gasteiger partial charge in [-0.2, -0.15) is 0 Å². The largest absolute Gasteiger partial charge is 0.489 e. The van der Waals surface area contributed by atoms with Crippen LogP contribution in [0.15, 0.2) is 51.4 Å². The second kappa shape index (κ2) is 5.65. The zero-order valence-corrected chi connectivity index (χ0v) is 12.0. The van der Waals surface area contributed by atoms with Gasteiger partial charge in [0.2, 0.25) is 0 Å². The first-order chi connectivity index (χ1) is 8.13. The van der Waals surface area contributed by atoms with Gasteiger partial charge in [0, 0.05) is 8.95 Å². The van der Waals surface area contributed by atoms with Crippen molar-refractivity contribution in [3.8, 4) is 5.75 Å². The van der Waals surface area contributed by atoms with E-state index >= 15 is 0 Å². The van der Waals surface area contributed by atoms with Crippen LogP contribution in [0.25, 0.3) is 0 Å². The predicted molar refractivity (Wildman–Crippen MR) is 72.6 cm³/mol. The lowest BCUT2D eigenvalue weighted by Crippen LogP contribution is -1.96. The fourth-order valence-electron chi connectivity index (χ4n) is 1.39. The Hall–Kier alpha value is -0.870. The highest BCUT2D eigenvalue weighted by Gasteiger charge is 2.00. The van der Waals surface area contributed by atoms with E-state index in [1.807, 2.05) is 30.3 Å². The molecule has 0 unspecified atom stereocenters. The highest BCUT2D eigenvalue weighted by atomic mass is 79.9. The van der Waals surface area contributed by atoms with Gasteiger partial charge in [-0.25, -0.2) is 4.39 Å². The van der Waals surface area contributed by atoms with Crippen molar-refractivity contribution >= 4 is 31.9 Å². The normalized spacial score (nSPS) is 10.3. The summed E-state index contributed by atoms with van der Waals surface area (Å²) in [4.78, 5) is 0. The minimum atomic E-state index is -0.270. The van der Waals surface area contributed by atoms with Gasteiger partial charge >= 0.3 is 0 Å². The Morgan fingerprint density at radius 2 is 1.65 bits per heavy atom. The van der Waals surface area contributed by atoms with Crippen molar-refractivity contribution < 1.29 is 9.13 Å². The van der Waals surface area contributed by atoms with Crippen molar-refractivity contribution in [2.24, 2.45) is 0 Å². The van der Waals surface area contributed by atoms with Crippen LogP contribution in [0.1, 0.15) is 5.56 Å². The van der Waals surface area contributed by atoms with Crippen molar-refractivity contribution in [1.29, 1.82) is 0 Å². The zero-order chi connectivity index (χ0) is 12.3. The van der Waals surface area contributed by atoms with Gasteiger partial charge < -0.3 is 4.74 Å². The van der Waals surface area contributed by atoms with Crippen LogP contribution >= 0.6 is 31.9 Å². The van der Waals surface area contributed by atoms with Gasteiger partial charge in [0.05, 0.1) is 0 Å². The maximum atomic E-state index is 13.1. The van der Waals surface area contributed by atoms with Gasteiger partial charge in [-0.3, -0.25) is 0 Å². The molecule has 4 heteroatoms. The van der Waals surface area contributed by atoms with Crippen LogP contribution in [-0.4, -0.2) is 0 Å². The lowest BCUT2D eigenvalue weighted by Gasteiger charge is -2.07. The number of ether oxygens (including phenoxy) is 1. The second-order valence-electron chi connectivity index (χ2n) is 3.52. The zero-order valence-electron chi connectivity index (χ0n) is 8.79. The summed E-state index contributed by atoms with van der Waals surface area (Å²) in [5.74, 6) is 0.488. The van der Waals surface area contributed by atoms with E-state index in [4.69, 9.17) is 4.74 Å². The molecule has 1 nitrogen and oxygen atoms in total. The quantitative estimate of drug-likeness (QED) is 0.754. The monoisotopic (exact) mass is 358 g/mol. The molecule has 0 aromatic heterocycles. The smallest absolute Gasteiger partial charge is 0.124 e. The maximum Gasteiger partial charge on any atom is 0.124 e. The number of rotatable bonds is 3. The molecule has 0 atom stereocenters. The first kappa shape index (κ1) is 12.6. The summed E-state index contributed by atoms with van der Waals surface area (Å²) in [6.45, 7) is 0.345. The molecule has 0 fully saturated rings.